The molecule has 0 aromatic carbocycles. The van der Waals surface area contributed by atoms with Crippen LogP contribution in [0.25, 0.3) is 0 Å². The van der Waals surface area contributed by atoms with Crippen molar-refractivity contribution in [2.75, 3.05) is 0 Å². The van der Waals surface area contributed by atoms with Gasteiger partial charge in [0.05, 0.1) is 0 Å². The molecule has 2 N–H and O–H groups in total. The third-order valence-corrected chi connectivity index (χ3v) is 3.05. The van der Waals surface area contributed by atoms with E-state index in [4.69, 9.17) is 34.8 Å². The topological polar surface area (TPSA) is 40.5 Å². The predicted octanol–water partition coefficient (Wildman–Crippen LogP) is 2.42. The lowest BCUT2D eigenvalue weighted by Gasteiger charge is -2.26. The number of halogens is 3. The predicted molar refractivity (Wildman–Crippen MR) is 62.1 cm³/mol. The van der Waals surface area contributed by atoms with Gasteiger partial charge in [-0.2, -0.15) is 0 Å². The van der Waals surface area contributed by atoms with Crippen LogP contribution in [0.4, 0.5) is 0 Å². The van der Waals surface area contributed by atoms with E-state index in [1.807, 2.05) is 0 Å². The van der Waals surface area contributed by atoms with Gasteiger partial charge in [0.25, 0.3) is 0 Å². The van der Waals surface area contributed by atoms with Crippen molar-refractivity contribution in [1.82, 2.24) is 0 Å². The minimum atomic E-state index is -1.82. The first-order chi connectivity index (χ1) is 6.83. The van der Waals surface area contributed by atoms with Gasteiger partial charge in [-0.3, -0.25) is 0 Å². The van der Waals surface area contributed by atoms with E-state index in [2.05, 4.69) is 11.8 Å². The summed E-state index contributed by atoms with van der Waals surface area (Å²) in [5, 5.41) is 19.3. The number of aliphatic hydroxyl groups excluding tert-OH is 1. The van der Waals surface area contributed by atoms with Crippen molar-refractivity contribution in [3.05, 3.63) is 0 Å². The highest BCUT2D eigenvalue weighted by atomic mass is 35.6. The van der Waals surface area contributed by atoms with E-state index in [0.717, 1.165) is 19.3 Å². The van der Waals surface area contributed by atoms with Crippen LogP contribution in [0.3, 0.4) is 0 Å². The zero-order valence-corrected chi connectivity index (χ0v) is 10.4. The highest BCUT2D eigenvalue weighted by Gasteiger charge is 2.31. The standard InChI is InChI=1S/C10H13Cl3O2/c11-10(12,13)8(14)4-7-9(15)5-2-1-3-6-9/h8,14-15H,1-3,5-6H2. The van der Waals surface area contributed by atoms with Crippen LogP contribution >= 0.6 is 34.8 Å². The molecular formula is C10H13Cl3O2. The summed E-state index contributed by atoms with van der Waals surface area (Å²) in [5.41, 5.74) is -1.02. The van der Waals surface area contributed by atoms with Crippen LogP contribution in [0, 0.1) is 11.8 Å². The lowest BCUT2D eigenvalue weighted by Crippen LogP contribution is -2.31. The van der Waals surface area contributed by atoms with Crippen molar-refractivity contribution >= 4 is 34.8 Å². The van der Waals surface area contributed by atoms with Gasteiger partial charge < -0.3 is 10.2 Å². The second-order valence-electron chi connectivity index (χ2n) is 3.81. The van der Waals surface area contributed by atoms with Gasteiger partial charge >= 0.3 is 0 Å². The molecule has 86 valence electrons. The molecule has 0 bridgehead atoms. The quantitative estimate of drug-likeness (QED) is 0.525. The summed E-state index contributed by atoms with van der Waals surface area (Å²) in [5.74, 6) is 5.00. The molecule has 1 aliphatic rings. The maximum absolute atomic E-state index is 9.97. The summed E-state index contributed by atoms with van der Waals surface area (Å²) >= 11 is 16.3. The smallest absolute Gasteiger partial charge is 0.227 e. The summed E-state index contributed by atoms with van der Waals surface area (Å²) in [6.07, 6.45) is 2.86. The molecule has 1 atom stereocenters. The number of rotatable bonds is 0. The molecule has 0 spiro atoms. The second kappa shape index (κ2) is 5.12. The Balaban J connectivity index is 2.63. The molecule has 0 aromatic heterocycles. The van der Waals surface area contributed by atoms with E-state index in [0.29, 0.717) is 12.8 Å². The molecule has 1 unspecified atom stereocenters. The van der Waals surface area contributed by atoms with Gasteiger partial charge in [-0.1, -0.05) is 53.1 Å². The number of hydrogen-bond donors (Lipinski definition) is 2. The zero-order chi connectivity index (χ0) is 11.5. The average molecular weight is 272 g/mol. The fourth-order valence-electron chi connectivity index (χ4n) is 1.55. The average Bonchev–Trinajstić information content (AvgIpc) is 2.14. The van der Waals surface area contributed by atoms with Gasteiger partial charge in [-0.15, -0.1) is 0 Å². The van der Waals surface area contributed by atoms with Gasteiger partial charge in [0.1, 0.15) is 5.60 Å². The SMILES string of the molecule is OC(C#CC1(O)CCCCC1)C(Cl)(Cl)Cl. The summed E-state index contributed by atoms with van der Waals surface area (Å²) in [6.45, 7) is 0. The highest BCUT2D eigenvalue weighted by Crippen LogP contribution is 2.31. The normalized spacial score (nSPS) is 22.7. The number of aliphatic hydroxyl groups is 2. The van der Waals surface area contributed by atoms with E-state index in [-0.39, 0.29) is 0 Å². The van der Waals surface area contributed by atoms with Crippen molar-refractivity contribution < 1.29 is 10.2 Å². The largest absolute Gasteiger partial charge is 0.378 e. The van der Waals surface area contributed by atoms with Crippen LogP contribution in [-0.2, 0) is 0 Å². The van der Waals surface area contributed by atoms with Gasteiger partial charge in [0, 0.05) is 0 Å². The molecule has 0 saturated heterocycles. The minimum absolute atomic E-state index is 0.618. The van der Waals surface area contributed by atoms with E-state index in [9.17, 15) is 10.2 Å². The summed E-state index contributed by atoms with van der Waals surface area (Å²) in [4.78, 5) is 0. The van der Waals surface area contributed by atoms with Crippen LogP contribution in [-0.4, -0.2) is 25.7 Å². The molecule has 5 heteroatoms. The zero-order valence-electron chi connectivity index (χ0n) is 8.14. The highest BCUT2D eigenvalue weighted by molar-refractivity contribution is 6.68. The first-order valence-corrected chi connectivity index (χ1v) is 5.97. The number of hydrogen-bond acceptors (Lipinski definition) is 2. The fraction of sp³-hybridized carbons (Fsp3) is 0.800. The van der Waals surface area contributed by atoms with Crippen molar-refractivity contribution in [1.29, 1.82) is 0 Å². The molecule has 0 heterocycles. The Morgan fingerprint density at radius 3 is 2.13 bits per heavy atom. The number of alkyl halides is 3. The van der Waals surface area contributed by atoms with Crippen molar-refractivity contribution in [3.8, 4) is 11.8 Å². The molecule has 0 aliphatic heterocycles. The monoisotopic (exact) mass is 270 g/mol. The first-order valence-electron chi connectivity index (χ1n) is 4.83. The molecule has 0 aromatic rings. The molecule has 2 nitrogen and oxygen atoms in total. The first kappa shape index (κ1) is 13.4. The molecule has 1 rings (SSSR count). The molecule has 0 amide bonds. The van der Waals surface area contributed by atoms with Gasteiger partial charge in [0.15, 0.2) is 6.10 Å². The van der Waals surface area contributed by atoms with Crippen LogP contribution < -0.4 is 0 Å². The van der Waals surface area contributed by atoms with E-state index >= 15 is 0 Å². The lowest BCUT2D eigenvalue weighted by atomic mass is 9.85. The van der Waals surface area contributed by atoms with Crippen molar-refractivity contribution in [3.63, 3.8) is 0 Å². The third kappa shape index (κ3) is 4.38. The van der Waals surface area contributed by atoms with Crippen LogP contribution in [0.5, 0.6) is 0 Å². The van der Waals surface area contributed by atoms with Crippen molar-refractivity contribution in [2.24, 2.45) is 0 Å². The Hall–Kier alpha value is 0.350. The molecule has 0 radical (unpaired) electrons. The van der Waals surface area contributed by atoms with Crippen LogP contribution in [0.15, 0.2) is 0 Å². The Kier molecular flexibility index (Phi) is 4.58. The minimum Gasteiger partial charge on any atom is -0.378 e. The van der Waals surface area contributed by atoms with Crippen molar-refractivity contribution in [2.45, 2.75) is 47.6 Å². The Morgan fingerprint density at radius 2 is 1.67 bits per heavy atom. The summed E-state index contributed by atoms with van der Waals surface area (Å²) in [7, 11) is 0. The maximum atomic E-state index is 9.97. The Labute approximate surface area is 105 Å². The summed E-state index contributed by atoms with van der Waals surface area (Å²) < 4.78 is -1.82. The molecule has 1 aliphatic carbocycles. The molecular weight excluding hydrogens is 258 g/mol. The van der Waals surface area contributed by atoms with Gasteiger partial charge in [-0.25, -0.2) is 0 Å². The Morgan fingerprint density at radius 1 is 1.13 bits per heavy atom. The fourth-order valence-corrected chi connectivity index (χ4v) is 1.71. The lowest BCUT2D eigenvalue weighted by molar-refractivity contribution is 0.0604. The van der Waals surface area contributed by atoms with Gasteiger partial charge in [0.2, 0.25) is 3.79 Å². The maximum Gasteiger partial charge on any atom is 0.227 e. The van der Waals surface area contributed by atoms with E-state index < -0.39 is 15.5 Å². The van der Waals surface area contributed by atoms with E-state index in [1.54, 1.807) is 0 Å². The summed E-state index contributed by atoms with van der Waals surface area (Å²) in [6, 6.07) is 0. The Bertz CT molecular complexity index is 269. The molecule has 1 saturated carbocycles. The van der Waals surface area contributed by atoms with Crippen LogP contribution in [0.1, 0.15) is 32.1 Å². The third-order valence-electron chi connectivity index (χ3n) is 2.43. The van der Waals surface area contributed by atoms with Crippen LogP contribution in [0.2, 0.25) is 0 Å². The second-order valence-corrected chi connectivity index (χ2v) is 6.17. The molecule has 15 heavy (non-hydrogen) atoms. The van der Waals surface area contributed by atoms with Gasteiger partial charge in [-0.05, 0) is 25.7 Å². The molecule has 1 fully saturated rings. The van der Waals surface area contributed by atoms with E-state index in [1.165, 1.54) is 0 Å².